The molecule has 4 heteroatoms. The lowest BCUT2D eigenvalue weighted by molar-refractivity contribution is 0.661. The Kier molecular flexibility index (Phi) is 8.12. The summed E-state index contributed by atoms with van der Waals surface area (Å²) in [5.74, 6) is 0.650. The predicted octanol–water partition coefficient (Wildman–Crippen LogP) is 14.4. The predicted molar refractivity (Wildman–Crippen MR) is 245 cm³/mol. The van der Waals surface area contributed by atoms with Gasteiger partial charge in [-0.3, -0.25) is 4.57 Å². The summed E-state index contributed by atoms with van der Waals surface area (Å²) in [7, 11) is 0. The molecule has 0 amide bonds. The molecule has 0 saturated carbocycles. The number of hydrogen-bond acceptors (Lipinski definition) is 3. The minimum Gasteiger partial charge on any atom is -0.311 e. The summed E-state index contributed by atoms with van der Waals surface area (Å²) in [6.45, 7) is 4.68. The molecule has 0 fully saturated rings. The minimum absolute atomic E-state index is 0.163. The molecule has 59 heavy (non-hydrogen) atoms. The van der Waals surface area contributed by atoms with E-state index in [0.29, 0.717) is 5.95 Å². The Labute approximate surface area is 344 Å². The molecule has 280 valence electrons. The van der Waals surface area contributed by atoms with E-state index in [-0.39, 0.29) is 5.41 Å². The molecule has 0 radical (unpaired) electrons. The van der Waals surface area contributed by atoms with Crippen LogP contribution in [0.25, 0.3) is 72.5 Å². The molecule has 10 aromatic rings. The monoisotopic (exact) mass is 756 g/mol. The zero-order valence-corrected chi connectivity index (χ0v) is 32.9. The second-order valence-electron chi connectivity index (χ2n) is 15.9. The van der Waals surface area contributed by atoms with Crippen LogP contribution >= 0.6 is 0 Å². The zero-order chi connectivity index (χ0) is 39.5. The average Bonchev–Trinajstić information content (AvgIpc) is 3.74. The van der Waals surface area contributed by atoms with Gasteiger partial charge in [-0.2, -0.15) is 0 Å². The molecule has 0 saturated heterocycles. The quantitative estimate of drug-likeness (QED) is 0.162. The average molecular weight is 757 g/mol. The third kappa shape index (κ3) is 5.83. The Bertz CT molecular complexity index is 3050. The second-order valence-corrected chi connectivity index (χ2v) is 15.9. The van der Waals surface area contributed by atoms with Crippen LogP contribution in [0, 0.1) is 0 Å². The lowest BCUT2D eigenvalue weighted by Crippen LogP contribution is -2.15. The summed E-state index contributed by atoms with van der Waals surface area (Å²) in [6, 6.07) is 73.5. The first-order valence-corrected chi connectivity index (χ1v) is 20.2. The minimum atomic E-state index is -0.163. The molecule has 2 aromatic heterocycles. The van der Waals surface area contributed by atoms with Crippen LogP contribution in [-0.2, 0) is 5.41 Å². The molecular formula is C55H40N4. The fourth-order valence-electron chi connectivity index (χ4n) is 9.06. The number of rotatable bonds is 7. The zero-order valence-electron chi connectivity index (χ0n) is 32.9. The molecule has 0 bridgehead atoms. The highest BCUT2D eigenvalue weighted by Gasteiger charge is 2.36. The van der Waals surface area contributed by atoms with Crippen molar-refractivity contribution in [2.45, 2.75) is 19.3 Å². The van der Waals surface area contributed by atoms with Crippen molar-refractivity contribution in [2.75, 3.05) is 4.90 Å². The van der Waals surface area contributed by atoms with Crippen LogP contribution < -0.4 is 4.90 Å². The number of para-hydroxylation sites is 2. The van der Waals surface area contributed by atoms with E-state index in [1.807, 2.05) is 12.1 Å². The summed E-state index contributed by atoms with van der Waals surface area (Å²) in [5, 5.41) is 2.34. The third-order valence-electron chi connectivity index (χ3n) is 12.0. The maximum Gasteiger partial charge on any atom is 0.235 e. The van der Waals surface area contributed by atoms with Crippen LogP contribution in [0.4, 0.5) is 17.1 Å². The summed E-state index contributed by atoms with van der Waals surface area (Å²) in [4.78, 5) is 13.0. The first kappa shape index (κ1) is 34.7. The van der Waals surface area contributed by atoms with Gasteiger partial charge in [0.2, 0.25) is 5.95 Å². The van der Waals surface area contributed by atoms with Crippen molar-refractivity contribution in [1.29, 1.82) is 0 Å². The number of anilines is 3. The summed E-state index contributed by atoms with van der Waals surface area (Å²) in [5.41, 5.74) is 16.8. The van der Waals surface area contributed by atoms with E-state index in [0.717, 1.165) is 67.1 Å². The Morgan fingerprint density at radius 3 is 1.51 bits per heavy atom. The van der Waals surface area contributed by atoms with Crippen LogP contribution in [-0.4, -0.2) is 14.5 Å². The molecule has 1 aliphatic carbocycles. The number of hydrogen-bond donors (Lipinski definition) is 0. The van der Waals surface area contributed by atoms with Crippen molar-refractivity contribution in [3.63, 3.8) is 0 Å². The highest BCUT2D eigenvalue weighted by molar-refractivity contribution is 6.12. The van der Waals surface area contributed by atoms with Crippen molar-refractivity contribution in [3.05, 3.63) is 217 Å². The molecule has 0 atom stereocenters. The fourth-order valence-corrected chi connectivity index (χ4v) is 9.06. The van der Waals surface area contributed by atoms with Gasteiger partial charge in [0.15, 0.2) is 0 Å². The SMILES string of the molecule is CC1(C)c2ccccc2-c2cc3c4cc(-c5ccc(N(c6ccccc6)c6ccccc6)cc5)ccc4n(-c4nc(-c5ccccc5)cc(-c5ccccc5)n4)c3cc21. The van der Waals surface area contributed by atoms with Gasteiger partial charge in [0.05, 0.1) is 22.4 Å². The van der Waals surface area contributed by atoms with Gasteiger partial charge in [-0.05, 0) is 100 Å². The first-order chi connectivity index (χ1) is 29.0. The Morgan fingerprint density at radius 1 is 0.390 bits per heavy atom. The largest absolute Gasteiger partial charge is 0.311 e. The van der Waals surface area contributed by atoms with E-state index in [2.05, 4.69) is 217 Å². The van der Waals surface area contributed by atoms with Gasteiger partial charge >= 0.3 is 0 Å². The highest BCUT2D eigenvalue weighted by atomic mass is 15.2. The lowest BCUT2D eigenvalue weighted by Gasteiger charge is -2.25. The van der Waals surface area contributed by atoms with Crippen molar-refractivity contribution in [2.24, 2.45) is 0 Å². The van der Waals surface area contributed by atoms with Crippen LogP contribution in [0.1, 0.15) is 25.0 Å². The van der Waals surface area contributed by atoms with E-state index in [1.165, 1.54) is 27.6 Å². The van der Waals surface area contributed by atoms with Gasteiger partial charge in [-0.15, -0.1) is 0 Å². The molecule has 0 aliphatic heterocycles. The van der Waals surface area contributed by atoms with Gasteiger partial charge in [0, 0.05) is 44.4 Å². The maximum atomic E-state index is 5.35. The molecule has 1 aliphatic rings. The Balaban J connectivity index is 1.12. The van der Waals surface area contributed by atoms with Crippen molar-refractivity contribution in [3.8, 4) is 50.7 Å². The molecule has 0 N–H and O–H groups in total. The molecule has 11 rings (SSSR count). The van der Waals surface area contributed by atoms with E-state index < -0.39 is 0 Å². The third-order valence-corrected chi connectivity index (χ3v) is 12.0. The molecule has 2 heterocycles. The Morgan fingerprint density at radius 2 is 0.898 bits per heavy atom. The second kappa shape index (κ2) is 13.8. The van der Waals surface area contributed by atoms with Gasteiger partial charge in [-0.1, -0.05) is 153 Å². The van der Waals surface area contributed by atoms with Gasteiger partial charge < -0.3 is 4.90 Å². The maximum absolute atomic E-state index is 5.35. The smallest absolute Gasteiger partial charge is 0.235 e. The summed E-state index contributed by atoms with van der Waals surface area (Å²) < 4.78 is 2.29. The van der Waals surface area contributed by atoms with E-state index in [9.17, 15) is 0 Å². The van der Waals surface area contributed by atoms with Crippen LogP contribution in [0.2, 0.25) is 0 Å². The van der Waals surface area contributed by atoms with Crippen LogP contribution in [0.5, 0.6) is 0 Å². The van der Waals surface area contributed by atoms with E-state index in [1.54, 1.807) is 0 Å². The van der Waals surface area contributed by atoms with Crippen molar-refractivity contribution in [1.82, 2.24) is 14.5 Å². The number of benzene rings is 8. The molecule has 4 nitrogen and oxygen atoms in total. The number of aromatic nitrogens is 3. The molecule has 8 aromatic carbocycles. The standard InChI is InChI=1S/C55H40N4/c1-55(2)48-26-16-15-25-44(48)45-34-47-46-33-40(37-27-30-43(31-28-37)58(41-21-11-5-12-22-41)42-23-13-6-14-24-42)29-32-52(46)59(53(47)35-49(45)55)54-56-50(38-17-7-3-8-18-38)36-51(57-54)39-19-9-4-10-20-39/h3-36H,1-2H3. The number of nitrogens with zero attached hydrogens (tertiary/aromatic N) is 4. The Hall–Kier alpha value is -7.56. The lowest BCUT2D eigenvalue weighted by atomic mass is 9.82. The first-order valence-electron chi connectivity index (χ1n) is 20.2. The van der Waals surface area contributed by atoms with Crippen molar-refractivity contribution >= 4 is 38.9 Å². The molecule has 0 unspecified atom stereocenters. The molecular weight excluding hydrogens is 717 g/mol. The van der Waals surface area contributed by atoms with Gasteiger partial charge in [0.25, 0.3) is 0 Å². The normalized spacial score (nSPS) is 12.7. The van der Waals surface area contributed by atoms with Crippen molar-refractivity contribution < 1.29 is 0 Å². The summed E-state index contributed by atoms with van der Waals surface area (Å²) in [6.07, 6.45) is 0. The van der Waals surface area contributed by atoms with Crippen LogP contribution in [0.15, 0.2) is 206 Å². The van der Waals surface area contributed by atoms with E-state index >= 15 is 0 Å². The van der Waals surface area contributed by atoms with E-state index in [4.69, 9.17) is 9.97 Å². The van der Waals surface area contributed by atoms with Gasteiger partial charge in [0.1, 0.15) is 0 Å². The highest BCUT2D eigenvalue weighted by Crippen LogP contribution is 2.51. The topological polar surface area (TPSA) is 34.0 Å². The fraction of sp³-hybridized carbons (Fsp3) is 0.0545. The summed E-state index contributed by atoms with van der Waals surface area (Å²) >= 11 is 0. The van der Waals surface area contributed by atoms with Gasteiger partial charge in [-0.25, -0.2) is 9.97 Å². The van der Waals surface area contributed by atoms with Crippen LogP contribution in [0.3, 0.4) is 0 Å². The molecule has 0 spiro atoms. The number of fused-ring (bicyclic) bond motifs is 6.